The topological polar surface area (TPSA) is 49.5 Å². The first-order valence-electron chi connectivity index (χ1n) is 4.86. The van der Waals surface area contributed by atoms with E-state index in [0.29, 0.717) is 12.3 Å². The number of benzene rings is 1. The second-order valence-corrected chi connectivity index (χ2v) is 2.99. The number of para-hydroxylation sites is 1. The molecular weight excluding hydrogens is 206 g/mol. The highest BCUT2D eigenvalue weighted by Crippen LogP contribution is 2.08. The zero-order valence-electron chi connectivity index (χ0n) is 8.87. The van der Waals surface area contributed by atoms with Crippen molar-refractivity contribution in [2.75, 3.05) is 13.2 Å². The summed E-state index contributed by atoms with van der Waals surface area (Å²) in [5, 5.41) is 8.74. The van der Waals surface area contributed by atoms with Crippen LogP contribution in [-0.4, -0.2) is 35.1 Å². The third-order valence-electron chi connectivity index (χ3n) is 1.81. The number of carbonyl (C=O) groups excluding carboxylic acids is 1. The summed E-state index contributed by atoms with van der Waals surface area (Å²) in [4.78, 5) is 11.6. The van der Waals surface area contributed by atoms with Crippen molar-refractivity contribution in [1.82, 2.24) is 0 Å². The summed E-state index contributed by atoms with van der Waals surface area (Å²) in [7, 11) is 0. The Balaban J connectivity index is 2.70. The van der Waals surface area contributed by atoms with E-state index in [1.165, 1.54) is 10.8 Å². The average Bonchev–Trinajstić information content (AvgIpc) is 2.30. The van der Waals surface area contributed by atoms with Crippen LogP contribution < -0.4 is 4.74 Å². The molecule has 16 heavy (non-hydrogen) atoms. The molecule has 0 aromatic heterocycles. The Morgan fingerprint density at radius 3 is 2.69 bits per heavy atom. The minimum absolute atomic E-state index is 0.224. The standard InChI is InChI=1S/C12H14NO3/c1-2-8-13(9-10-14)12(15)16-11-6-4-3-5-7-11/h2-7,9,14H,1,8,10H2/q+1. The molecule has 0 spiro atoms. The molecule has 84 valence electrons. The van der Waals surface area contributed by atoms with Crippen molar-refractivity contribution < 1.29 is 19.2 Å². The van der Waals surface area contributed by atoms with Gasteiger partial charge < -0.3 is 9.84 Å². The highest BCUT2D eigenvalue weighted by molar-refractivity contribution is 5.68. The van der Waals surface area contributed by atoms with Crippen molar-refractivity contribution in [2.45, 2.75) is 0 Å². The van der Waals surface area contributed by atoms with Crippen LogP contribution in [0.15, 0.2) is 43.0 Å². The van der Waals surface area contributed by atoms with Crippen molar-refractivity contribution in [3.8, 4) is 5.75 Å². The van der Waals surface area contributed by atoms with E-state index < -0.39 is 6.09 Å². The Morgan fingerprint density at radius 1 is 1.44 bits per heavy atom. The second kappa shape index (κ2) is 6.53. The predicted molar refractivity (Wildman–Crippen MR) is 60.9 cm³/mol. The van der Waals surface area contributed by atoms with Crippen LogP contribution in [0.25, 0.3) is 0 Å². The Kier molecular flexibility index (Phi) is 4.95. The Labute approximate surface area is 94.1 Å². The minimum Gasteiger partial charge on any atom is -0.386 e. The molecule has 0 saturated carbocycles. The minimum atomic E-state index is -0.542. The van der Waals surface area contributed by atoms with Crippen molar-refractivity contribution in [3.05, 3.63) is 43.0 Å². The first-order chi connectivity index (χ1) is 7.77. The van der Waals surface area contributed by atoms with E-state index in [4.69, 9.17) is 9.84 Å². The molecule has 0 fully saturated rings. The zero-order chi connectivity index (χ0) is 11.8. The summed E-state index contributed by atoms with van der Waals surface area (Å²) in [6.45, 7) is 3.59. The van der Waals surface area contributed by atoms with Crippen LogP contribution in [0.1, 0.15) is 0 Å². The molecule has 0 bridgehead atoms. The molecule has 1 aromatic rings. The fourth-order valence-electron chi connectivity index (χ4n) is 1.11. The van der Waals surface area contributed by atoms with Gasteiger partial charge in [-0.2, -0.15) is 4.79 Å². The van der Waals surface area contributed by atoms with E-state index in [1.807, 2.05) is 6.07 Å². The van der Waals surface area contributed by atoms with Crippen LogP contribution in [-0.2, 0) is 0 Å². The van der Waals surface area contributed by atoms with E-state index in [1.54, 1.807) is 30.3 Å². The van der Waals surface area contributed by atoms with Gasteiger partial charge in [-0.05, 0) is 18.2 Å². The summed E-state index contributed by atoms with van der Waals surface area (Å²) in [5.74, 6) is 0.466. The fraction of sp³-hybridized carbons (Fsp3) is 0.167. The summed E-state index contributed by atoms with van der Waals surface area (Å²) < 4.78 is 6.33. The number of rotatable bonds is 4. The van der Waals surface area contributed by atoms with Crippen LogP contribution >= 0.6 is 0 Å². The van der Waals surface area contributed by atoms with Gasteiger partial charge in [0.05, 0.1) is 0 Å². The van der Waals surface area contributed by atoms with E-state index in [9.17, 15) is 4.79 Å². The molecule has 0 saturated heterocycles. The summed E-state index contributed by atoms with van der Waals surface area (Å²) in [6.07, 6.45) is 2.35. The largest absolute Gasteiger partial charge is 0.602 e. The third-order valence-corrected chi connectivity index (χ3v) is 1.81. The molecule has 1 rings (SSSR count). The molecule has 0 atom stereocenters. The quantitative estimate of drug-likeness (QED) is 0.474. The van der Waals surface area contributed by atoms with Gasteiger partial charge in [0.25, 0.3) is 0 Å². The van der Waals surface area contributed by atoms with Gasteiger partial charge in [0.15, 0.2) is 12.8 Å². The molecule has 1 aromatic carbocycles. The maximum Gasteiger partial charge on any atom is 0.602 e. The molecule has 0 heterocycles. The fourth-order valence-corrected chi connectivity index (χ4v) is 1.11. The SMILES string of the molecule is C=CC[N+](=CCO)C(=O)Oc1ccccc1. The lowest BCUT2D eigenvalue weighted by Crippen LogP contribution is -2.26. The second-order valence-electron chi connectivity index (χ2n) is 2.99. The monoisotopic (exact) mass is 220 g/mol. The number of amides is 1. The maximum absolute atomic E-state index is 11.6. The lowest BCUT2D eigenvalue weighted by Gasteiger charge is -2.00. The predicted octanol–water partition coefficient (Wildman–Crippen LogP) is 1.45. The van der Waals surface area contributed by atoms with Crippen molar-refractivity contribution in [3.63, 3.8) is 0 Å². The van der Waals surface area contributed by atoms with E-state index in [0.717, 1.165) is 0 Å². The maximum atomic E-state index is 11.6. The third kappa shape index (κ3) is 3.67. The van der Waals surface area contributed by atoms with E-state index in [-0.39, 0.29) is 6.61 Å². The van der Waals surface area contributed by atoms with Crippen LogP contribution in [0, 0.1) is 0 Å². The number of aliphatic hydroxyl groups excluding tert-OH is 1. The van der Waals surface area contributed by atoms with Crippen LogP contribution in [0.3, 0.4) is 0 Å². The number of hydrogen-bond donors (Lipinski definition) is 1. The van der Waals surface area contributed by atoms with Crippen molar-refractivity contribution in [2.24, 2.45) is 0 Å². The molecule has 0 unspecified atom stereocenters. The van der Waals surface area contributed by atoms with E-state index >= 15 is 0 Å². The van der Waals surface area contributed by atoms with Crippen LogP contribution in [0.5, 0.6) is 5.75 Å². The number of aliphatic hydroxyl groups is 1. The molecule has 4 nitrogen and oxygen atoms in total. The molecule has 0 aliphatic carbocycles. The van der Waals surface area contributed by atoms with Gasteiger partial charge in [0.1, 0.15) is 12.4 Å². The smallest absolute Gasteiger partial charge is 0.386 e. The van der Waals surface area contributed by atoms with Gasteiger partial charge in [-0.1, -0.05) is 24.8 Å². The number of carbonyl (C=O) groups is 1. The van der Waals surface area contributed by atoms with Gasteiger partial charge in [-0.15, -0.1) is 4.58 Å². The average molecular weight is 220 g/mol. The molecule has 4 heteroatoms. The van der Waals surface area contributed by atoms with Gasteiger partial charge in [0.2, 0.25) is 0 Å². The molecular formula is C12H14NO3+. The van der Waals surface area contributed by atoms with Crippen molar-refractivity contribution >= 4 is 12.3 Å². The van der Waals surface area contributed by atoms with Crippen molar-refractivity contribution in [1.29, 1.82) is 0 Å². The van der Waals surface area contributed by atoms with Gasteiger partial charge >= 0.3 is 6.09 Å². The van der Waals surface area contributed by atoms with Crippen LogP contribution in [0.4, 0.5) is 4.79 Å². The molecule has 1 N–H and O–H groups in total. The Morgan fingerprint density at radius 2 is 2.12 bits per heavy atom. The lowest BCUT2D eigenvalue weighted by atomic mass is 10.3. The summed E-state index contributed by atoms with van der Waals surface area (Å²) >= 11 is 0. The molecule has 0 aliphatic rings. The Hall–Kier alpha value is -1.94. The highest BCUT2D eigenvalue weighted by Gasteiger charge is 2.18. The Bertz CT molecular complexity index is 385. The molecule has 1 amide bonds. The molecule has 0 radical (unpaired) electrons. The summed E-state index contributed by atoms with van der Waals surface area (Å²) in [6, 6.07) is 8.75. The first kappa shape index (κ1) is 12.1. The number of nitrogens with zero attached hydrogens (tertiary/aromatic N) is 1. The number of ether oxygens (including phenoxy) is 1. The van der Waals surface area contributed by atoms with Gasteiger partial charge in [-0.3, -0.25) is 0 Å². The zero-order valence-corrected chi connectivity index (χ0v) is 8.87. The van der Waals surface area contributed by atoms with Gasteiger partial charge in [0, 0.05) is 0 Å². The lowest BCUT2D eigenvalue weighted by molar-refractivity contribution is -0.426. The summed E-state index contributed by atoms with van der Waals surface area (Å²) in [5.41, 5.74) is 0. The number of hydrogen-bond acceptors (Lipinski definition) is 3. The normalized spacial score (nSPS) is 10.9. The highest BCUT2D eigenvalue weighted by atomic mass is 16.6. The van der Waals surface area contributed by atoms with Crippen LogP contribution in [0.2, 0.25) is 0 Å². The molecule has 0 aliphatic heterocycles. The van der Waals surface area contributed by atoms with Gasteiger partial charge in [-0.25, -0.2) is 0 Å². The van der Waals surface area contributed by atoms with E-state index in [2.05, 4.69) is 6.58 Å². The first-order valence-corrected chi connectivity index (χ1v) is 4.86.